The van der Waals surface area contributed by atoms with Crippen molar-refractivity contribution in [2.75, 3.05) is 41.7 Å². The molecule has 20 heavy (non-hydrogen) atoms. The maximum absolute atomic E-state index is 5.85. The number of hydrogen-bond acceptors (Lipinski definition) is 6. The summed E-state index contributed by atoms with van der Waals surface area (Å²) in [6.45, 7) is 6.03. The lowest BCUT2D eigenvalue weighted by Gasteiger charge is -2.35. The van der Waals surface area contributed by atoms with Gasteiger partial charge in [0.05, 0.1) is 0 Å². The molecule has 106 valence electrons. The molecule has 0 amide bonds. The smallest absolute Gasteiger partial charge is 0.205 e. The summed E-state index contributed by atoms with van der Waals surface area (Å²) in [7, 11) is 0. The molecular weight excluding hydrogens is 270 g/mol. The van der Waals surface area contributed by atoms with Crippen LogP contribution in [0.5, 0.6) is 0 Å². The molecular formula is C14H19N5S. The van der Waals surface area contributed by atoms with Crippen molar-refractivity contribution in [2.45, 2.75) is 13.3 Å². The van der Waals surface area contributed by atoms with Crippen molar-refractivity contribution in [3.05, 3.63) is 30.1 Å². The summed E-state index contributed by atoms with van der Waals surface area (Å²) >= 11 is 1.51. The third-order valence-electron chi connectivity index (χ3n) is 3.56. The second-order valence-electron chi connectivity index (χ2n) is 4.92. The van der Waals surface area contributed by atoms with Gasteiger partial charge >= 0.3 is 0 Å². The lowest BCUT2D eigenvalue weighted by Crippen LogP contribution is -2.46. The molecule has 2 heterocycles. The van der Waals surface area contributed by atoms with Gasteiger partial charge in [-0.3, -0.25) is 0 Å². The lowest BCUT2D eigenvalue weighted by molar-refractivity contribution is 0.651. The van der Waals surface area contributed by atoms with Gasteiger partial charge in [-0.25, -0.2) is 4.98 Å². The molecule has 0 spiro atoms. The summed E-state index contributed by atoms with van der Waals surface area (Å²) in [6, 6.07) is 8.09. The van der Waals surface area contributed by atoms with Gasteiger partial charge in [0.25, 0.3) is 0 Å². The Morgan fingerprint density at radius 3 is 2.60 bits per heavy atom. The first-order chi connectivity index (χ1) is 9.76. The van der Waals surface area contributed by atoms with Crippen LogP contribution in [0, 0.1) is 0 Å². The molecule has 0 atom stereocenters. The van der Waals surface area contributed by atoms with Crippen LogP contribution in [0.4, 0.5) is 16.5 Å². The van der Waals surface area contributed by atoms with E-state index in [9.17, 15) is 0 Å². The molecule has 0 bridgehead atoms. The van der Waals surface area contributed by atoms with Crippen molar-refractivity contribution in [3.8, 4) is 0 Å². The number of nitrogens with zero attached hydrogens (tertiary/aromatic N) is 4. The highest BCUT2D eigenvalue weighted by molar-refractivity contribution is 7.09. The summed E-state index contributed by atoms with van der Waals surface area (Å²) < 4.78 is 4.36. The van der Waals surface area contributed by atoms with Crippen molar-refractivity contribution in [1.82, 2.24) is 9.36 Å². The van der Waals surface area contributed by atoms with Crippen molar-refractivity contribution in [2.24, 2.45) is 0 Å². The fourth-order valence-electron chi connectivity index (χ4n) is 2.39. The minimum Gasteiger partial charge on any atom is -0.399 e. The quantitative estimate of drug-likeness (QED) is 0.876. The van der Waals surface area contributed by atoms with Gasteiger partial charge in [-0.2, -0.15) is 4.37 Å². The third-order valence-corrected chi connectivity index (χ3v) is 4.37. The van der Waals surface area contributed by atoms with Crippen molar-refractivity contribution >= 4 is 28.0 Å². The SMILES string of the molecule is CCc1nsc(N2CCN(c3cccc(N)c3)CC2)n1. The topological polar surface area (TPSA) is 58.3 Å². The van der Waals surface area contributed by atoms with Gasteiger partial charge in [0.2, 0.25) is 5.13 Å². The molecule has 0 radical (unpaired) electrons. The fourth-order valence-corrected chi connectivity index (χ4v) is 3.20. The minimum absolute atomic E-state index is 0.821. The Kier molecular flexibility index (Phi) is 3.73. The molecule has 1 aliphatic heterocycles. The van der Waals surface area contributed by atoms with Crippen LogP contribution in [0.15, 0.2) is 24.3 Å². The number of anilines is 3. The van der Waals surface area contributed by atoms with E-state index in [-0.39, 0.29) is 0 Å². The van der Waals surface area contributed by atoms with E-state index < -0.39 is 0 Å². The second kappa shape index (κ2) is 5.66. The molecule has 2 N–H and O–H groups in total. The van der Waals surface area contributed by atoms with Gasteiger partial charge in [0, 0.05) is 55.5 Å². The van der Waals surface area contributed by atoms with Gasteiger partial charge in [0.15, 0.2) is 0 Å². The number of aryl methyl sites for hydroxylation is 1. The first-order valence-corrected chi connectivity index (χ1v) is 7.71. The van der Waals surface area contributed by atoms with Crippen LogP contribution < -0.4 is 15.5 Å². The van der Waals surface area contributed by atoms with Gasteiger partial charge < -0.3 is 15.5 Å². The highest BCUT2D eigenvalue weighted by Gasteiger charge is 2.20. The lowest BCUT2D eigenvalue weighted by atomic mass is 10.2. The zero-order chi connectivity index (χ0) is 13.9. The third kappa shape index (κ3) is 2.70. The van der Waals surface area contributed by atoms with Crippen LogP contribution in [0.3, 0.4) is 0 Å². The Labute approximate surface area is 123 Å². The van der Waals surface area contributed by atoms with Crippen molar-refractivity contribution < 1.29 is 0 Å². The average molecular weight is 289 g/mol. The van der Waals surface area contributed by atoms with Crippen LogP contribution in [0.2, 0.25) is 0 Å². The molecule has 1 aromatic heterocycles. The van der Waals surface area contributed by atoms with Crippen molar-refractivity contribution in [1.29, 1.82) is 0 Å². The Morgan fingerprint density at radius 1 is 1.20 bits per heavy atom. The molecule has 3 rings (SSSR count). The van der Waals surface area contributed by atoms with Crippen LogP contribution >= 0.6 is 11.5 Å². The number of nitrogen functional groups attached to an aromatic ring is 1. The Hall–Kier alpha value is -1.82. The van der Waals surface area contributed by atoms with Crippen LogP contribution in [0.25, 0.3) is 0 Å². The number of rotatable bonds is 3. The first-order valence-electron chi connectivity index (χ1n) is 6.94. The van der Waals surface area contributed by atoms with E-state index in [1.807, 2.05) is 18.2 Å². The van der Waals surface area contributed by atoms with E-state index in [0.717, 1.165) is 49.2 Å². The molecule has 6 heteroatoms. The maximum Gasteiger partial charge on any atom is 0.205 e. The van der Waals surface area contributed by atoms with Crippen LogP contribution in [-0.2, 0) is 6.42 Å². The average Bonchev–Trinajstić information content (AvgIpc) is 2.96. The monoisotopic (exact) mass is 289 g/mol. The standard InChI is InChI=1S/C14H19N5S/c1-2-13-16-14(20-17-13)19-8-6-18(7-9-19)12-5-3-4-11(15)10-12/h3-5,10H,2,6-9,15H2,1H3. The van der Waals surface area contributed by atoms with Gasteiger partial charge in [-0.05, 0) is 18.2 Å². The van der Waals surface area contributed by atoms with Gasteiger partial charge in [-0.1, -0.05) is 13.0 Å². The number of hydrogen-bond donors (Lipinski definition) is 1. The Balaban J connectivity index is 1.64. The summed E-state index contributed by atoms with van der Waals surface area (Å²) in [5, 5.41) is 1.05. The molecule has 1 aromatic carbocycles. The molecule has 0 saturated carbocycles. The second-order valence-corrected chi connectivity index (χ2v) is 5.65. The predicted molar refractivity (Wildman–Crippen MR) is 84.6 cm³/mol. The zero-order valence-corrected chi connectivity index (χ0v) is 12.4. The first kappa shape index (κ1) is 13.2. The van der Waals surface area contributed by atoms with Gasteiger partial charge in [0.1, 0.15) is 5.82 Å². The van der Waals surface area contributed by atoms with Crippen LogP contribution in [-0.4, -0.2) is 35.5 Å². The summed E-state index contributed by atoms with van der Waals surface area (Å²) in [5.74, 6) is 0.947. The number of benzene rings is 1. The van der Waals surface area contributed by atoms with Crippen molar-refractivity contribution in [3.63, 3.8) is 0 Å². The molecule has 0 aliphatic carbocycles. The van der Waals surface area contributed by atoms with Gasteiger partial charge in [-0.15, -0.1) is 0 Å². The summed E-state index contributed by atoms with van der Waals surface area (Å²) in [5.41, 5.74) is 7.87. The Bertz CT molecular complexity index is 574. The highest BCUT2D eigenvalue weighted by Crippen LogP contribution is 2.23. The van der Waals surface area contributed by atoms with E-state index in [0.29, 0.717) is 0 Å². The van der Waals surface area contributed by atoms with E-state index in [4.69, 9.17) is 5.73 Å². The molecule has 1 aliphatic rings. The summed E-state index contributed by atoms with van der Waals surface area (Å²) in [6.07, 6.45) is 0.903. The molecule has 1 saturated heterocycles. The largest absolute Gasteiger partial charge is 0.399 e. The summed E-state index contributed by atoms with van der Waals surface area (Å²) in [4.78, 5) is 9.25. The minimum atomic E-state index is 0.821. The maximum atomic E-state index is 5.85. The van der Waals surface area contributed by atoms with E-state index in [1.165, 1.54) is 17.2 Å². The molecule has 1 fully saturated rings. The van der Waals surface area contributed by atoms with E-state index in [1.54, 1.807) is 0 Å². The Morgan fingerprint density at radius 2 is 1.95 bits per heavy atom. The number of piperazine rings is 1. The number of aromatic nitrogens is 2. The fraction of sp³-hybridized carbons (Fsp3) is 0.429. The zero-order valence-electron chi connectivity index (χ0n) is 11.6. The number of nitrogens with two attached hydrogens (primary N) is 1. The molecule has 2 aromatic rings. The predicted octanol–water partition coefficient (Wildman–Crippen LogP) is 2.01. The molecule has 0 unspecified atom stereocenters. The molecule has 5 nitrogen and oxygen atoms in total. The highest BCUT2D eigenvalue weighted by atomic mass is 32.1. The van der Waals surface area contributed by atoms with E-state index >= 15 is 0 Å². The van der Waals surface area contributed by atoms with E-state index in [2.05, 4.69) is 32.1 Å². The normalized spacial score (nSPS) is 15.7. The van der Waals surface area contributed by atoms with Crippen LogP contribution in [0.1, 0.15) is 12.7 Å².